The Morgan fingerprint density at radius 1 is 1.10 bits per heavy atom. The summed E-state index contributed by atoms with van der Waals surface area (Å²) in [5, 5.41) is 2.80. The van der Waals surface area contributed by atoms with Crippen LogP contribution in [0.25, 0.3) is 10.8 Å². The van der Waals surface area contributed by atoms with Gasteiger partial charge in [-0.05, 0) is 34.3 Å². The fraction of sp³-hybridized carbons (Fsp3) is 0.125. The summed E-state index contributed by atoms with van der Waals surface area (Å²) in [7, 11) is 0. The van der Waals surface area contributed by atoms with Crippen molar-refractivity contribution >= 4 is 49.8 Å². The van der Waals surface area contributed by atoms with Gasteiger partial charge in [0.2, 0.25) is 0 Å². The second-order valence-corrected chi connectivity index (χ2v) is 5.70. The number of halogens is 2. The van der Waals surface area contributed by atoms with Gasteiger partial charge in [-0.15, -0.1) is 0 Å². The fourth-order valence-electron chi connectivity index (χ4n) is 2.41. The van der Waals surface area contributed by atoms with Crippen LogP contribution in [0.1, 0.15) is 6.92 Å². The minimum Gasteiger partial charge on any atom is -0.325 e. The van der Waals surface area contributed by atoms with Crippen molar-refractivity contribution in [1.82, 2.24) is 9.97 Å². The number of anilines is 2. The third kappa shape index (κ3) is 2.61. The van der Waals surface area contributed by atoms with Crippen LogP contribution in [0.15, 0.2) is 53.3 Å². The normalized spacial score (nSPS) is 10.8. The Morgan fingerprint density at radius 3 is 2.67 bits per heavy atom. The van der Waals surface area contributed by atoms with Crippen molar-refractivity contribution in [2.45, 2.75) is 6.92 Å². The van der Waals surface area contributed by atoms with E-state index in [0.717, 1.165) is 18.1 Å². The lowest BCUT2D eigenvalue weighted by molar-refractivity contribution is 0.973. The van der Waals surface area contributed by atoms with Gasteiger partial charge in [0.25, 0.3) is 0 Å². The van der Waals surface area contributed by atoms with Crippen LogP contribution < -0.4 is 4.90 Å². The fourth-order valence-corrected chi connectivity index (χ4v) is 2.95. The van der Waals surface area contributed by atoms with E-state index in [2.05, 4.69) is 68.1 Å². The van der Waals surface area contributed by atoms with E-state index in [4.69, 9.17) is 11.6 Å². The summed E-state index contributed by atoms with van der Waals surface area (Å²) in [5.41, 5.74) is 1.10. The number of fused-ring (bicyclic) bond motifs is 1. The Kier molecular flexibility index (Phi) is 4.08. The molecule has 3 nitrogen and oxygen atoms in total. The summed E-state index contributed by atoms with van der Waals surface area (Å²) in [5.74, 6) is 0.772. The molecule has 0 spiro atoms. The molecule has 0 N–H and O–H groups in total. The van der Waals surface area contributed by atoms with E-state index in [1.165, 1.54) is 17.1 Å². The average Bonchev–Trinajstić information content (AvgIpc) is 2.52. The van der Waals surface area contributed by atoms with E-state index in [9.17, 15) is 0 Å². The quantitative estimate of drug-likeness (QED) is 0.599. The smallest absolute Gasteiger partial charge is 0.152 e. The Labute approximate surface area is 136 Å². The molecule has 0 saturated carbocycles. The summed E-state index contributed by atoms with van der Waals surface area (Å²) in [6.07, 6.45) is 1.48. The second kappa shape index (κ2) is 6.00. The number of benzene rings is 2. The van der Waals surface area contributed by atoms with Crippen molar-refractivity contribution < 1.29 is 0 Å². The van der Waals surface area contributed by atoms with Crippen molar-refractivity contribution in [2.24, 2.45) is 0 Å². The Bertz CT molecular complexity index is 786. The molecule has 0 bridgehead atoms. The summed E-state index contributed by atoms with van der Waals surface area (Å²) in [6, 6.07) is 14.6. The van der Waals surface area contributed by atoms with Gasteiger partial charge in [0, 0.05) is 11.9 Å². The van der Waals surface area contributed by atoms with Crippen molar-refractivity contribution in [1.29, 1.82) is 0 Å². The summed E-state index contributed by atoms with van der Waals surface area (Å²) in [4.78, 5) is 10.5. The number of aromatic nitrogens is 2. The van der Waals surface area contributed by atoms with Crippen LogP contribution in [0.5, 0.6) is 0 Å². The molecule has 3 rings (SSSR count). The van der Waals surface area contributed by atoms with Crippen molar-refractivity contribution in [3.05, 3.63) is 58.4 Å². The predicted molar refractivity (Wildman–Crippen MR) is 91.4 cm³/mol. The highest BCUT2D eigenvalue weighted by Crippen LogP contribution is 2.36. The minimum absolute atomic E-state index is 0.415. The first-order valence-corrected chi connectivity index (χ1v) is 7.80. The van der Waals surface area contributed by atoms with Gasteiger partial charge in [-0.25, -0.2) is 9.97 Å². The second-order valence-electron chi connectivity index (χ2n) is 4.54. The molecule has 0 amide bonds. The molecule has 1 aromatic heterocycles. The van der Waals surface area contributed by atoms with Crippen molar-refractivity contribution in [3.63, 3.8) is 0 Å². The minimum atomic E-state index is 0.415. The molecule has 2 aromatic carbocycles. The van der Waals surface area contributed by atoms with Crippen molar-refractivity contribution in [3.8, 4) is 0 Å². The van der Waals surface area contributed by atoms with Crippen LogP contribution in [0.3, 0.4) is 0 Å². The predicted octanol–water partition coefficient (Wildman–Crippen LogP) is 5.20. The van der Waals surface area contributed by atoms with Gasteiger partial charge in [0.15, 0.2) is 5.82 Å². The molecule has 0 atom stereocenters. The Balaban J connectivity index is 2.21. The molecule has 0 aliphatic carbocycles. The summed E-state index contributed by atoms with van der Waals surface area (Å²) < 4.78 is 0.710. The molecule has 0 saturated heterocycles. The van der Waals surface area contributed by atoms with Gasteiger partial charge in [-0.3, -0.25) is 0 Å². The van der Waals surface area contributed by atoms with Crippen LogP contribution in [-0.2, 0) is 0 Å². The Hall–Kier alpha value is -1.65. The zero-order valence-corrected chi connectivity index (χ0v) is 13.8. The van der Waals surface area contributed by atoms with Crippen LogP contribution >= 0.6 is 27.5 Å². The molecule has 0 unspecified atom stereocenters. The standard InChI is InChI=1S/C16H13BrClN3/c1-2-21(16-14(17)15(18)19-10-20-16)13-9-5-7-11-6-3-4-8-12(11)13/h3-10H,2H2,1H3. The molecule has 0 aliphatic heterocycles. The monoisotopic (exact) mass is 361 g/mol. The Morgan fingerprint density at radius 2 is 1.86 bits per heavy atom. The van der Waals surface area contributed by atoms with Gasteiger partial charge in [-0.2, -0.15) is 0 Å². The maximum Gasteiger partial charge on any atom is 0.152 e. The molecule has 0 radical (unpaired) electrons. The maximum absolute atomic E-state index is 6.10. The molecular formula is C16H13BrClN3. The first-order valence-electron chi connectivity index (χ1n) is 6.63. The number of hydrogen-bond donors (Lipinski definition) is 0. The van der Waals surface area contributed by atoms with Gasteiger partial charge < -0.3 is 4.90 Å². The largest absolute Gasteiger partial charge is 0.325 e. The molecular weight excluding hydrogens is 350 g/mol. The lowest BCUT2D eigenvalue weighted by atomic mass is 10.1. The molecule has 5 heteroatoms. The van der Waals surface area contributed by atoms with Crippen LogP contribution in [0.4, 0.5) is 11.5 Å². The molecule has 0 aliphatic rings. The van der Waals surface area contributed by atoms with E-state index in [1.54, 1.807) is 0 Å². The number of rotatable bonds is 3. The maximum atomic E-state index is 6.10. The van der Waals surface area contributed by atoms with E-state index in [-0.39, 0.29) is 0 Å². The van der Waals surface area contributed by atoms with E-state index in [1.807, 2.05) is 12.1 Å². The number of nitrogens with zero attached hydrogens (tertiary/aromatic N) is 3. The summed E-state index contributed by atoms with van der Waals surface area (Å²) in [6.45, 7) is 2.87. The van der Waals surface area contributed by atoms with Crippen molar-refractivity contribution in [2.75, 3.05) is 11.4 Å². The average molecular weight is 363 g/mol. The van der Waals surface area contributed by atoms with Gasteiger partial charge >= 0.3 is 0 Å². The van der Waals surface area contributed by atoms with Crippen LogP contribution in [0.2, 0.25) is 5.15 Å². The third-order valence-corrected chi connectivity index (χ3v) is 4.60. The van der Waals surface area contributed by atoms with Gasteiger partial charge in [0.1, 0.15) is 11.5 Å². The molecule has 21 heavy (non-hydrogen) atoms. The molecule has 0 fully saturated rings. The molecule has 106 valence electrons. The number of hydrogen-bond acceptors (Lipinski definition) is 3. The van der Waals surface area contributed by atoms with E-state index >= 15 is 0 Å². The summed E-state index contributed by atoms with van der Waals surface area (Å²) >= 11 is 9.58. The first-order chi connectivity index (χ1) is 10.2. The SMILES string of the molecule is CCN(c1ncnc(Cl)c1Br)c1cccc2ccccc12. The van der Waals surface area contributed by atoms with Crippen LogP contribution in [-0.4, -0.2) is 16.5 Å². The topological polar surface area (TPSA) is 29.0 Å². The molecule has 3 aromatic rings. The van der Waals surface area contributed by atoms with Gasteiger partial charge in [-0.1, -0.05) is 48.0 Å². The van der Waals surface area contributed by atoms with E-state index < -0.39 is 0 Å². The third-order valence-electron chi connectivity index (χ3n) is 3.36. The lowest BCUT2D eigenvalue weighted by Gasteiger charge is -2.24. The van der Waals surface area contributed by atoms with Crippen LogP contribution in [0, 0.1) is 0 Å². The highest BCUT2D eigenvalue weighted by atomic mass is 79.9. The lowest BCUT2D eigenvalue weighted by Crippen LogP contribution is -2.18. The zero-order chi connectivity index (χ0) is 14.8. The highest BCUT2D eigenvalue weighted by molar-refractivity contribution is 9.10. The zero-order valence-electron chi connectivity index (χ0n) is 11.4. The van der Waals surface area contributed by atoms with E-state index in [0.29, 0.717) is 9.63 Å². The highest BCUT2D eigenvalue weighted by Gasteiger charge is 2.16. The molecule has 1 heterocycles. The first kappa shape index (κ1) is 14.3. The van der Waals surface area contributed by atoms with Gasteiger partial charge in [0.05, 0.1) is 10.2 Å².